The fourth-order valence-corrected chi connectivity index (χ4v) is 3.35. The van der Waals surface area contributed by atoms with Gasteiger partial charge in [-0.15, -0.1) is 0 Å². The van der Waals surface area contributed by atoms with E-state index in [2.05, 4.69) is 0 Å². The second kappa shape index (κ2) is 7.70. The summed E-state index contributed by atoms with van der Waals surface area (Å²) in [5, 5.41) is 8.91. The predicted octanol–water partition coefficient (Wildman–Crippen LogP) is 2.72. The number of hydrogen-bond acceptors (Lipinski definition) is 4. The lowest BCUT2D eigenvalue weighted by molar-refractivity contribution is -0.119. The smallest absolute Gasteiger partial charge is 0.266 e. The Morgan fingerprint density at radius 2 is 1.75 bits per heavy atom. The van der Waals surface area contributed by atoms with Gasteiger partial charge in [0, 0.05) is 18.8 Å². The third-order valence-corrected chi connectivity index (χ3v) is 4.82. The van der Waals surface area contributed by atoms with Gasteiger partial charge < -0.3 is 0 Å². The van der Waals surface area contributed by atoms with Gasteiger partial charge in [0.05, 0.1) is 6.07 Å². The first-order chi connectivity index (χ1) is 11.4. The topological polar surface area (TPSA) is 87.0 Å². The molecular weight excluding hydrogens is 331 g/mol. The first kappa shape index (κ1) is 17.6. The van der Waals surface area contributed by atoms with Crippen molar-refractivity contribution in [2.24, 2.45) is 0 Å². The maximum atomic E-state index is 13.6. The lowest BCUT2D eigenvalue weighted by Gasteiger charge is -2.14. The van der Waals surface area contributed by atoms with Gasteiger partial charge >= 0.3 is 0 Å². The normalized spacial score (nSPS) is 12.2. The molecule has 0 heterocycles. The average Bonchev–Trinajstić information content (AvgIpc) is 2.55. The molecule has 0 aliphatic rings. The number of halogens is 1. The Labute approximate surface area is 139 Å². The minimum Gasteiger partial charge on any atom is -0.274 e. The molecule has 0 spiro atoms. The number of rotatable bonds is 6. The van der Waals surface area contributed by atoms with E-state index in [9.17, 15) is 17.6 Å². The van der Waals surface area contributed by atoms with Crippen LogP contribution in [0.1, 0.15) is 24.3 Å². The Morgan fingerprint density at radius 3 is 2.38 bits per heavy atom. The van der Waals surface area contributed by atoms with E-state index in [0.717, 1.165) is 17.7 Å². The maximum absolute atomic E-state index is 13.6. The molecule has 124 valence electrons. The molecule has 0 aromatic heterocycles. The molecule has 24 heavy (non-hydrogen) atoms. The van der Waals surface area contributed by atoms with Gasteiger partial charge in [0.2, 0.25) is 5.91 Å². The van der Waals surface area contributed by atoms with Crippen LogP contribution in [0.3, 0.4) is 0 Å². The van der Waals surface area contributed by atoms with Crippen molar-refractivity contribution >= 4 is 15.9 Å². The van der Waals surface area contributed by atoms with E-state index >= 15 is 0 Å². The summed E-state index contributed by atoms with van der Waals surface area (Å²) in [6.07, 6.45) is -0.123. The average molecular weight is 346 g/mol. The summed E-state index contributed by atoms with van der Waals surface area (Å²) in [6.45, 7) is 0. The highest BCUT2D eigenvalue weighted by atomic mass is 32.2. The second-order valence-electron chi connectivity index (χ2n) is 5.13. The highest BCUT2D eigenvalue weighted by Crippen LogP contribution is 2.23. The molecule has 2 rings (SSSR count). The van der Waals surface area contributed by atoms with Crippen LogP contribution in [0.15, 0.2) is 59.5 Å². The molecule has 0 aliphatic carbocycles. The zero-order valence-electron chi connectivity index (χ0n) is 12.6. The molecule has 2 aromatic carbocycles. The Balaban J connectivity index is 2.14. The van der Waals surface area contributed by atoms with Crippen LogP contribution >= 0.6 is 0 Å². The van der Waals surface area contributed by atoms with Crippen molar-refractivity contribution in [1.29, 1.82) is 5.26 Å². The molecule has 5 nitrogen and oxygen atoms in total. The van der Waals surface area contributed by atoms with Crippen LogP contribution in [0.4, 0.5) is 4.39 Å². The van der Waals surface area contributed by atoms with Crippen LogP contribution < -0.4 is 4.72 Å². The predicted molar refractivity (Wildman–Crippen MR) is 85.8 cm³/mol. The first-order valence-electron chi connectivity index (χ1n) is 7.16. The van der Waals surface area contributed by atoms with Gasteiger partial charge in [-0.05, 0) is 17.7 Å². The molecule has 7 heteroatoms. The van der Waals surface area contributed by atoms with Crippen molar-refractivity contribution in [2.45, 2.75) is 23.7 Å². The standard InChI is InChI=1S/C17H15FN2O3S/c18-15-8-4-5-9-16(15)24(22,23)20-17(21)12-14(10-11-19)13-6-2-1-3-7-13/h1-9,14H,10,12H2,(H,20,21). The number of amides is 1. The van der Waals surface area contributed by atoms with E-state index in [0.29, 0.717) is 0 Å². The molecule has 1 amide bonds. The summed E-state index contributed by atoms with van der Waals surface area (Å²) < 4.78 is 39.7. The summed E-state index contributed by atoms with van der Waals surface area (Å²) in [6, 6.07) is 15.7. The Morgan fingerprint density at radius 1 is 1.12 bits per heavy atom. The fraction of sp³-hybridized carbons (Fsp3) is 0.176. The number of nitrogens with one attached hydrogen (secondary N) is 1. The van der Waals surface area contributed by atoms with E-state index < -0.39 is 32.6 Å². The number of sulfonamides is 1. The van der Waals surface area contributed by atoms with Gasteiger partial charge in [-0.25, -0.2) is 17.5 Å². The summed E-state index contributed by atoms with van der Waals surface area (Å²) in [5.74, 6) is -2.16. The van der Waals surface area contributed by atoms with E-state index in [1.807, 2.05) is 10.8 Å². The molecule has 1 atom stereocenters. The van der Waals surface area contributed by atoms with Crippen LogP contribution in [-0.4, -0.2) is 14.3 Å². The summed E-state index contributed by atoms with van der Waals surface area (Å²) in [5.41, 5.74) is 0.762. The third kappa shape index (κ3) is 4.40. The van der Waals surface area contributed by atoms with Crippen LogP contribution in [0.2, 0.25) is 0 Å². The van der Waals surface area contributed by atoms with Gasteiger partial charge in [-0.3, -0.25) is 4.79 Å². The summed E-state index contributed by atoms with van der Waals surface area (Å²) in [7, 11) is -4.29. The van der Waals surface area contributed by atoms with Crippen LogP contribution in [0, 0.1) is 17.1 Å². The van der Waals surface area contributed by atoms with Crippen molar-refractivity contribution in [3.8, 4) is 6.07 Å². The molecule has 2 aromatic rings. The third-order valence-electron chi connectivity index (χ3n) is 3.41. The molecule has 0 fully saturated rings. The Kier molecular flexibility index (Phi) is 5.66. The highest BCUT2D eigenvalue weighted by Gasteiger charge is 2.23. The summed E-state index contributed by atoms with van der Waals surface area (Å²) in [4.78, 5) is 11.5. The first-order valence-corrected chi connectivity index (χ1v) is 8.64. The van der Waals surface area contributed by atoms with E-state index in [1.165, 1.54) is 12.1 Å². The monoisotopic (exact) mass is 346 g/mol. The molecule has 0 bridgehead atoms. The maximum Gasteiger partial charge on any atom is 0.266 e. The van der Waals surface area contributed by atoms with Crippen LogP contribution in [0.25, 0.3) is 0 Å². The van der Waals surface area contributed by atoms with Gasteiger partial charge in [-0.2, -0.15) is 5.26 Å². The van der Waals surface area contributed by atoms with Crippen molar-refractivity contribution in [2.75, 3.05) is 0 Å². The highest BCUT2D eigenvalue weighted by molar-refractivity contribution is 7.90. The number of benzene rings is 2. The molecule has 1 unspecified atom stereocenters. The molecule has 0 aliphatic heterocycles. The minimum atomic E-state index is -4.29. The van der Waals surface area contributed by atoms with E-state index in [-0.39, 0.29) is 12.8 Å². The molecule has 0 saturated heterocycles. The Hall–Kier alpha value is -2.72. The largest absolute Gasteiger partial charge is 0.274 e. The SMILES string of the molecule is N#CCC(CC(=O)NS(=O)(=O)c1ccccc1F)c1ccccc1. The van der Waals surface area contributed by atoms with Gasteiger partial charge in [-0.1, -0.05) is 42.5 Å². The lowest BCUT2D eigenvalue weighted by Crippen LogP contribution is -2.32. The molecule has 1 N–H and O–H groups in total. The Bertz CT molecular complexity index is 861. The van der Waals surface area contributed by atoms with Crippen molar-refractivity contribution < 1.29 is 17.6 Å². The quantitative estimate of drug-likeness (QED) is 0.871. The molecule has 0 radical (unpaired) electrons. The second-order valence-corrected chi connectivity index (χ2v) is 6.78. The number of hydrogen-bond donors (Lipinski definition) is 1. The van der Waals surface area contributed by atoms with Gasteiger partial charge in [0.25, 0.3) is 10.0 Å². The fourth-order valence-electron chi connectivity index (χ4n) is 2.28. The molecule has 0 saturated carbocycles. The van der Waals surface area contributed by atoms with Crippen molar-refractivity contribution in [3.63, 3.8) is 0 Å². The van der Waals surface area contributed by atoms with Gasteiger partial charge in [0.1, 0.15) is 10.7 Å². The number of nitrogens with zero attached hydrogens (tertiary/aromatic N) is 1. The zero-order valence-corrected chi connectivity index (χ0v) is 13.5. The lowest BCUT2D eigenvalue weighted by atomic mass is 9.93. The van der Waals surface area contributed by atoms with Crippen molar-refractivity contribution in [1.82, 2.24) is 4.72 Å². The van der Waals surface area contributed by atoms with E-state index in [1.54, 1.807) is 30.3 Å². The van der Waals surface area contributed by atoms with Crippen LogP contribution in [-0.2, 0) is 14.8 Å². The van der Waals surface area contributed by atoms with Crippen molar-refractivity contribution in [3.05, 3.63) is 66.0 Å². The zero-order chi connectivity index (χ0) is 17.6. The number of carbonyl (C=O) groups excluding carboxylic acids is 1. The van der Waals surface area contributed by atoms with Crippen LogP contribution in [0.5, 0.6) is 0 Å². The van der Waals surface area contributed by atoms with E-state index in [4.69, 9.17) is 5.26 Å². The molecular formula is C17H15FN2O3S. The minimum absolute atomic E-state index is 0.0666. The number of carbonyl (C=O) groups is 1. The number of nitriles is 1. The van der Waals surface area contributed by atoms with Gasteiger partial charge in [0.15, 0.2) is 0 Å². The summed E-state index contributed by atoms with van der Waals surface area (Å²) >= 11 is 0.